The number of nitrogens with one attached hydrogen (secondary N) is 1. The third-order valence-electron chi connectivity index (χ3n) is 3.73. The highest BCUT2D eigenvalue weighted by Gasteiger charge is 2.21. The summed E-state index contributed by atoms with van der Waals surface area (Å²) in [6.45, 7) is 5.00. The smallest absolute Gasteiger partial charge is 0.225 e. The minimum Gasteiger partial charge on any atom is -0.439 e. The molecule has 5 heteroatoms. The van der Waals surface area contributed by atoms with E-state index in [2.05, 4.69) is 40.2 Å². The Morgan fingerprint density at radius 1 is 1.00 bits per heavy atom. The maximum atomic E-state index is 5.73. The van der Waals surface area contributed by atoms with E-state index in [0.29, 0.717) is 18.4 Å². The molecule has 1 N–H and O–H groups in total. The third kappa shape index (κ3) is 4.07. The molecule has 0 radical (unpaired) electrons. The lowest BCUT2D eigenvalue weighted by Crippen LogP contribution is -2.28. The molecule has 1 aromatic carbocycles. The van der Waals surface area contributed by atoms with Crippen molar-refractivity contribution in [3.05, 3.63) is 72.7 Å². The van der Waals surface area contributed by atoms with Crippen molar-refractivity contribution in [3.8, 4) is 11.6 Å². The van der Waals surface area contributed by atoms with Gasteiger partial charge in [-0.1, -0.05) is 38.1 Å². The van der Waals surface area contributed by atoms with Crippen LogP contribution in [0.15, 0.2) is 67.1 Å². The molecule has 122 valence electrons. The first-order valence-electron chi connectivity index (χ1n) is 7.84. The van der Waals surface area contributed by atoms with Gasteiger partial charge in [0.05, 0.1) is 0 Å². The average Bonchev–Trinajstić information content (AvgIpc) is 2.62. The van der Waals surface area contributed by atoms with Gasteiger partial charge in [-0.05, 0) is 23.8 Å². The Morgan fingerprint density at radius 2 is 1.83 bits per heavy atom. The largest absolute Gasteiger partial charge is 0.439 e. The molecule has 5 nitrogen and oxygen atoms in total. The summed E-state index contributed by atoms with van der Waals surface area (Å²) < 4.78 is 5.73. The number of anilines is 1. The molecule has 24 heavy (non-hydrogen) atoms. The predicted molar refractivity (Wildman–Crippen MR) is 94.3 cm³/mol. The van der Waals surface area contributed by atoms with Gasteiger partial charge in [-0.3, -0.25) is 4.98 Å². The lowest BCUT2D eigenvalue weighted by Gasteiger charge is -2.25. The van der Waals surface area contributed by atoms with Gasteiger partial charge in [-0.15, -0.1) is 0 Å². The monoisotopic (exact) mass is 320 g/mol. The molecule has 0 aliphatic carbocycles. The second kappa shape index (κ2) is 7.08. The molecule has 0 unspecified atom stereocenters. The molecule has 0 fully saturated rings. The highest BCUT2D eigenvalue weighted by Crippen LogP contribution is 2.23. The zero-order chi connectivity index (χ0) is 16.8. The number of hydrogen-bond acceptors (Lipinski definition) is 5. The normalized spacial score (nSPS) is 11.1. The summed E-state index contributed by atoms with van der Waals surface area (Å²) in [4.78, 5) is 12.9. The van der Waals surface area contributed by atoms with Crippen molar-refractivity contribution in [2.45, 2.75) is 19.3 Å². The van der Waals surface area contributed by atoms with E-state index in [-0.39, 0.29) is 5.41 Å². The Bertz CT molecular complexity index is 776. The van der Waals surface area contributed by atoms with Crippen molar-refractivity contribution in [1.82, 2.24) is 15.0 Å². The Labute approximate surface area is 141 Å². The summed E-state index contributed by atoms with van der Waals surface area (Å²) in [6, 6.07) is 15.3. The summed E-state index contributed by atoms with van der Waals surface area (Å²) in [5, 5.41) is 3.28. The number of rotatable bonds is 6. The minimum atomic E-state index is -0.0894. The third-order valence-corrected chi connectivity index (χ3v) is 3.73. The quantitative estimate of drug-likeness (QED) is 0.742. The van der Waals surface area contributed by atoms with Gasteiger partial charge in [-0.25, -0.2) is 4.98 Å². The van der Waals surface area contributed by atoms with Crippen LogP contribution in [0.2, 0.25) is 0 Å². The van der Waals surface area contributed by atoms with Gasteiger partial charge < -0.3 is 10.1 Å². The van der Waals surface area contributed by atoms with Gasteiger partial charge >= 0.3 is 0 Å². The van der Waals surface area contributed by atoms with Crippen LogP contribution in [0.1, 0.15) is 19.4 Å². The van der Waals surface area contributed by atoms with Crippen LogP contribution >= 0.6 is 0 Å². The molecule has 0 amide bonds. The van der Waals surface area contributed by atoms with Gasteiger partial charge in [0, 0.05) is 36.6 Å². The summed E-state index contributed by atoms with van der Waals surface area (Å²) in [5.41, 5.74) is 1.07. The van der Waals surface area contributed by atoms with Crippen LogP contribution in [0.4, 0.5) is 5.95 Å². The van der Waals surface area contributed by atoms with Crippen LogP contribution in [0.3, 0.4) is 0 Å². The van der Waals surface area contributed by atoms with E-state index in [0.717, 1.165) is 11.3 Å². The second-order valence-corrected chi connectivity index (χ2v) is 6.11. The number of nitrogens with zero attached hydrogens (tertiary/aromatic N) is 3. The molecule has 0 saturated heterocycles. The SMILES string of the molecule is CC(C)(CNc1nccc(Oc2ccccc2)n1)c1cccnc1. The molecule has 2 aromatic heterocycles. The van der Waals surface area contributed by atoms with Crippen LogP contribution in [-0.4, -0.2) is 21.5 Å². The van der Waals surface area contributed by atoms with Crippen molar-refractivity contribution in [2.75, 3.05) is 11.9 Å². The van der Waals surface area contributed by atoms with E-state index in [1.807, 2.05) is 42.6 Å². The van der Waals surface area contributed by atoms with Crippen molar-refractivity contribution in [1.29, 1.82) is 0 Å². The Kier molecular flexibility index (Phi) is 4.70. The van der Waals surface area contributed by atoms with E-state index in [4.69, 9.17) is 4.74 Å². The molecule has 0 aliphatic heterocycles. The first kappa shape index (κ1) is 15.9. The highest BCUT2D eigenvalue weighted by molar-refractivity contribution is 5.33. The van der Waals surface area contributed by atoms with E-state index < -0.39 is 0 Å². The van der Waals surface area contributed by atoms with Gasteiger partial charge in [0.1, 0.15) is 5.75 Å². The van der Waals surface area contributed by atoms with Gasteiger partial charge in [0.2, 0.25) is 11.8 Å². The lowest BCUT2D eigenvalue weighted by atomic mass is 9.86. The van der Waals surface area contributed by atoms with Crippen molar-refractivity contribution < 1.29 is 4.74 Å². The minimum absolute atomic E-state index is 0.0894. The molecule has 0 aliphatic rings. The number of ether oxygens (including phenoxy) is 1. The number of benzene rings is 1. The molecule has 2 heterocycles. The Morgan fingerprint density at radius 3 is 2.58 bits per heavy atom. The van der Waals surface area contributed by atoms with Crippen LogP contribution < -0.4 is 10.1 Å². The number of aromatic nitrogens is 3. The van der Waals surface area contributed by atoms with Crippen molar-refractivity contribution in [2.24, 2.45) is 0 Å². The number of hydrogen-bond donors (Lipinski definition) is 1. The van der Waals surface area contributed by atoms with E-state index in [9.17, 15) is 0 Å². The standard InChI is InChI=1S/C19H20N4O/c1-19(2,15-7-6-11-20-13-15)14-22-18-21-12-10-17(23-18)24-16-8-4-3-5-9-16/h3-13H,14H2,1-2H3,(H,21,22,23). The molecule has 0 saturated carbocycles. The first-order chi connectivity index (χ1) is 11.6. The average molecular weight is 320 g/mol. The fraction of sp³-hybridized carbons (Fsp3) is 0.211. The van der Waals surface area contributed by atoms with Crippen LogP contribution in [0.5, 0.6) is 11.6 Å². The zero-order valence-electron chi connectivity index (χ0n) is 13.8. The van der Waals surface area contributed by atoms with Gasteiger partial charge in [0.25, 0.3) is 0 Å². The van der Waals surface area contributed by atoms with Gasteiger partial charge in [-0.2, -0.15) is 4.98 Å². The topological polar surface area (TPSA) is 59.9 Å². The molecular weight excluding hydrogens is 300 g/mol. The molecule has 3 aromatic rings. The van der Waals surface area contributed by atoms with E-state index >= 15 is 0 Å². The summed E-state index contributed by atoms with van der Waals surface area (Å²) in [7, 11) is 0. The molecule has 0 atom stereocenters. The predicted octanol–water partition coefficient (Wildman–Crippen LogP) is 4.05. The van der Waals surface area contributed by atoms with Crippen molar-refractivity contribution in [3.63, 3.8) is 0 Å². The fourth-order valence-electron chi connectivity index (χ4n) is 2.26. The molecule has 0 spiro atoms. The highest BCUT2D eigenvalue weighted by atomic mass is 16.5. The van der Waals surface area contributed by atoms with Crippen LogP contribution in [-0.2, 0) is 5.41 Å². The Hall–Kier alpha value is -2.95. The maximum Gasteiger partial charge on any atom is 0.225 e. The van der Waals surface area contributed by atoms with Crippen molar-refractivity contribution >= 4 is 5.95 Å². The summed E-state index contributed by atoms with van der Waals surface area (Å²) in [5.74, 6) is 1.80. The van der Waals surface area contributed by atoms with E-state index in [1.165, 1.54) is 0 Å². The second-order valence-electron chi connectivity index (χ2n) is 6.11. The van der Waals surface area contributed by atoms with Gasteiger partial charge in [0.15, 0.2) is 0 Å². The molecule has 3 rings (SSSR count). The number of para-hydroxylation sites is 1. The maximum absolute atomic E-state index is 5.73. The van der Waals surface area contributed by atoms with Crippen LogP contribution in [0.25, 0.3) is 0 Å². The zero-order valence-corrected chi connectivity index (χ0v) is 13.8. The number of pyridine rings is 1. The Balaban J connectivity index is 1.67. The summed E-state index contributed by atoms with van der Waals surface area (Å²) in [6.07, 6.45) is 5.35. The fourth-order valence-corrected chi connectivity index (χ4v) is 2.26. The van der Waals surface area contributed by atoms with Crippen LogP contribution in [0, 0.1) is 0 Å². The molecule has 0 bridgehead atoms. The summed E-state index contributed by atoms with van der Waals surface area (Å²) >= 11 is 0. The van der Waals surface area contributed by atoms with E-state index in [1.54, 1.807) is 18.5 Å². The first-order valence-corrected chi connectivity index (χ1v) is 7.84. The lowest BCUT2D eigenvalue weighted by molar-refractivity contribution is 0.461. The molecular formula is C19H20N4O.